The fourth-order valence-electron chi connectivity index (χ4n) is 3.04. The van der Waals surface area contributed by atoms with E-state index in [4.69, 9.17) is 9.84 Å². The number of benzene rings is 2. The lowest BCUT2D eigenvalue weighted by Gasteiger charge is -2.33. The number of carbonyl (C=O) groups excluding carboxylic acids is 1. The average Bonchev–Trinajstić information content (AvgIpc) is 2.64. The Balaban J connectivity index is 1.53. The van der Waals surface area contributed by atoms with E-state index in [0.717, 1.165) is 44.0 Å². The molecule has 1 aliphatic rings. The lowest BCUT2D eigenvalue weighted by molar-refractivity contribution is -0.131. The monoisotopic (exact) mass is 351 g/mol. The quantitative estimate of drug-likeness (QED) is 0.472. The molecule has 0 aromatic heterocycles. The molecule has 1 aliphatic heterocycles. The molecular weight excluding hydrogens is 326 g/mol. The van der Waals surface area contributed by atoms with Gasteiger partial charge >= 0.3 is 5.97 Å². The van der Waals surface area contributed by atoms with Gasteiger partial charge in [0.25, 0.3) is 0 Å². The Kier molecular flexibility index (Phi) is 6.02. The number of carbonyl (C=O) groups is 1. The van der Waals surface area contributed by atoms with Gasteiger partial charge in [0.15, 0.2) is 0 Å². The predicted molar refractivity (Wildman–Crippen MR) is 103 cm³/mol. The maximum atomic E-state index is 11.0. The normalized spacial score (nSPS) is 15.8. The van der Waals surface area contributed by atoms with Crippen LogP contribution in [-0.4, -0.2) is 47.8 Å². The van der Waals surface area contributed by atoms with E-state index in [1.807, 2.05) is 19.1 Å². The smallest absolute Gasteiger partial charge is 0.308 e. The summed E-state index contributed by atoms with van der Waals surface area (Å²) >= 11 is 0. The molecule has 0 bridgehead atoms. The van der Waals surface area contributed by atoms with Gasteiger partial charge in [0, 0.05) is 39.6 Å². The van der Waals surface area contributed by atoms with E-state index in [0.29, 0.717) is 5.75 Å². The van der Waals surface area contributed by atoms with Gasteiger partial charge in [-0.25, -0.2) is 0 Å². The summed E-state index contributed by atoms with van der Waals surface area (Å²) in [5.41, 5.74) is 3.36. The fourth-order valence-corrected chi connectivity index (χ4v) is 3.04. The number of esters is 1. The Morgan fingerprint density at radius 2 is 1.62 bits per heavy atom. The molecule has 1 heterocycles. The zero-order valence-corrected chi connectivity index (χ0v) is 15.4. The standard InChI is InChI=1S/C21H25N3O2/c1-17(20-8-10-21(11-9-20)26-18(2)25)22-24-14-12-23(13-15-24)16-19-6-4-3-5-7-19/h3-11H,12-16H2,1-2H3/b22-17-. The molecule has 26 heavy (non-hydrogen) atoms. The molecule has 136 valence electrons. The third-order valence-electron chi connectivity index (χ3n) is 4.42. The van der Waals surface area contributed by atoms with Gasteiger partial charge in [-0.15, -0.1) is 0 Å². The molecule has 1 saturated heterocycles. The highest BCUT2D eigenvalue weighted by atomic mass is 16.5. The summed E-state index contributed by atoms with van der Waals surface area (Å²) < 4.78 is 5.06. The number of hydrazone groups is 1. The largest absolute Gasteiger partial charge is 0.427 e. The molecule has 3 rings (SSSR count). The molecule has 0 spiro atoms. The second-order valence-electron chi connectivity index (χ2n) is 6.52. The summed E-state index contributed by atoms with van der Waals surface area (Å²) in [5, 5.41) is 6.89. The minimum absolute atomic E-state index is 0.309. The molecule has 0 saturated carbocycles. The van der Waals surface area contributed by atoms with E-state index in [2.05, 4.69) is 40.2 Å². The molecule has 0 radical (unpaired) electrons. The number of nitrogens with zero attached hydrogens (tertiary/aromatic N) is 3. The maximum Gasteiger partial charge on any atom is 0.308 e. The van der Waals surface area contributed by atoms with Crippen molar-refractivity contribution in [3.63, 3.8) is 0 Å². The van der Waals surface area contributed by atoms with Crippen molar-refractivity contribution in [3.05, 3.63) is 65.7 Å². The van der Waals surface area contributed by atoms with E-state index < -0.39 is 0 Å². The van der Waals surface area contributed by atoms with Crippen molar-refractivity contribution in [2.24, 2.45) is 5.10 Å². The maximum absolute atomic E-state index is 11.0. The van der Waals surface area contributed by atoms with Gasteiger partial charge < -0.3 is 4.74 Å². The van der Waals surface area contributed by atoms with Crippen LogP contribution in [0.1, 0.15) is 25.0 Å². The van der Waals surface area contributed by atoms with Gasteiger partial charge in [-0.05, 0) is 42.3 Å². The minimum atomic E-state index is -0.309. The molecule has 1 fully saturated rings. The molecule has 2 aromatic rings. The van der Waals surface area contributed by atoms with E-state index in [9.17, 15) is 4.79 Å². The molecule has 5 nitrogen and oxygen atoms in total. The highest BCUT2D eigenvalue weighted by Crippen LogP contribution is 2.14. The van der Waals surface area contributed by atoms with Crippen molar-refractivity contribution in [2.45, 2.75) is 20.4 Å². The minimum Gasteiger partial charge on any atom is -0.427 e. The van der Waals surface area contributed by atoms with E-state index in [1.165, 1.54) is 12.5 Å². The number of hydrogen-bond acceptors (Lipinski definition) is 5. The van der Waals surface area contributed by atoms with Crippen LogP contribution in [0.3, 0.4) is 0 Å². The number of ether oxygens (including phenoxy) is 1. The zero-order valence-electron chi connectivity index (χ0n) is 15.4. The second-order valence-corrected chi connectivity index (χ2v) is 6.52. The lowest BCUT2D eigenvalue weighted by Crippen LogP contribution is -2.43. The van der Waals surface area contributed by atoms with E-state index in [-0.39, 0.29) is 5.97 Å². The molecule has 0 N–H and O–H groups in total. The lowest BCUT2D eigenvalue weighted by atomic mass is 10.1. The zero-order chi connectivity index (χ0) is 18.4. The molecule has 0 unspecified atom stereocenters. The summed E-state index contributed by atoms with van der Waals surface area (Å²) in [6.45, 7) is 8.28. The molecule has 0 aliphatic carbocycles. The molecule has 5 heteroatoms. The van der Waals surface area contributed by atoms with Crippen LogP contribution in [0.5, 0.6) is 5.75 Å². The van der Waals surface area contributed by atoms with E-state index in [1.54, 1.807) is 12.1 Å². The topological polar surface area (TPSA) is 45.1 Å². The number of rotatable bonds is 5. The van der Waals surface area contributed by atoms with Crippen molar-refractivity contribution in [1.82, 2.24) is 9.91 Å². The van der Waals surface area contributed by atoms with E-state index >= 15 is 0 Å². The van der Waals surface area contributed by atoms with Gasteiger partial charge in [-0.1, -0.05) is 30.3 Å². The summed E-state index contributed by atoms with van der Waals surface area (Å²) in [7, 11) is 0. The van der Waals surface area contributed by atoms with Crippen molar-refractivity contribution in [1.29, 1.82) is 0 Å². The van der Waals surface area contributed by atoms with Crippen molar-refractivity contribution in [3.8, 4) is 5.75 Å². The molecular formula is C21H25N3O2. The van der Waals surface area contributed by atoms with Gasteiger partial charge in [0.2, 0.25) is 0 Å². The van der Waals surface area contributed by atoms with Gasteiger partial charge in [0.1, 0.15) is 5.75 Å². The predicted octanol–water partition coefficient (Wildman–Crippen LogP) is 3.15. The first kappa shape index (κ1) is 18.1. The SMILES string of the molecule is CC(=O)Oc1ccc(/C(C)=N\N2CCN(Cc3ccccc3)CC2)cc1. The molecule has 2 aromatic carbocycles. The van der Waals surface area contributed by atoms with Gasteiger partial charge in [0.05, 0.1) is 5.71 Å². The molecule has 0 atom stereocenters. The summed E-state index contributed by atoms with van der Waals surface area (Å²) in [6, 6.07) is 18.0. The Morgan fingerprint density at radius 1 is 0.962 bits per heavy atom. The summed E-state index contributed by atoms with van der Waals surface area (Å²) in [4.78, 5) is 13.4. The number of hydrogen-bond donors (Lipinski definition) is 0. The Bertz CT molecular complexity index is 749. The van der Waals surface area contributed by atoms with Crippen LogP contribution in [0.25, 0.3) is 0 Å². The van der Waals surface area contributed by atoms with Crippen LogP contribution in [0.2, 0.25) is 0 Å². The average molecular weight is 351 g/mol. The Hall–Kier alpha value is -2.66. The Labute approximate surface area is 154 Å². The van der Waals surface area contributed by atoms with Gasteiger partial charge in [-0.2, -0.15) is 5.10 Å². The van der Waals surface area contributed by atoms with Crippen molar-refractivity contribution in [2.75, 3.05) is 26.2 Å². The van der Waals surface area contributed by atoms with Crippen LogP contribution in [-0.2, 0) is 11.3 Å². The van der Waals surface area contributed by atoms with Crippen LogP contribution < -0.4 is 4.74 Å². The van der Waals surface area contributed by atoms with Crippen LogP contribution in [0.15, 0.2) is 59.7 Å². The van der Waals surface area contributed by atoms with Crippen LogP contribution in [0.4, 0.5) is 0 Å². The second kappa shape index (κ2) is 8.63. The fraction of sp³-hybridized carbons (Fsp3) is 0.333. The highest BCUT2D eigenvalue weighted by molar-refractivity contribution is 5.98. The third-order valence-corrected chi connectivity index (χ3v) is 4.42. The molecule has 0 amide bonds. The number of piperazine rings is 1. The first-order valence-electron chi connectivity index (χ1n) is 8.95. The first-order chi connectivity index (χ1) is 12.6. The van der Waals surface area contributed by atoms with Gasteiger partial charge in [-0.3, -0.25) is 14.7 Å². The van der Waals surface area contributed by atoms with Crippen molar-refractivity contribution >= 4 is 11.7 Å². The highest BCUT2D eigenvalue weighted by Gasteiger charge is 2.16. The first-order valence-corrected chi connectivity index (χ1v) is 8.95. The van der Waals surface area contributed by atoms with Crippen molar-refractivity contribution < 1.29 is 9.53 Å². The van der Waals surface area contributed by atoms with Crippen LogP contribution in [0, 0.1) is 0 Å². The third kappa shape index (κ3) is 5.17. The summed E-state index contributed by atoms with van der Waals surface area (Å²) in [5.74, 6) is 0.250. The Morgan fingerprint density at radius 3 is 2.23 bits per heavy atom. The summed E-state index contributed by atoms with van der Waals surface area (Å²) in [6.07, 6.45) is 0. The van der Waals surface area contributed by atoms with Crippen LogP contribution >= 0.6 is 0 Å².